The Labute approximate surface area is 98.7 Å². The number of methoxy groups -OCH3 is 1. The summed E-state index contributed by atoms with van der Waals surface area (Å²) in [6, 6.07) is 0. The Morgan fingerprint density at radius 3 is 2.60 bits per heavy atom. The first-order valence-corrected chi connectivity index (χ1v) is 6.62. The van der Waals surface area contributed by atoms with E-state index in [1.807, 2.05) is 0 Å². The molecule has 90 valence electrons. The third kappa shape index (κ3) is 4.71. The second kappa shape index (κ2) is 7.48. The lowest BCUT2D eigenvalue weighted by Gasteiger charge is -2.35. The molecule has 0 unspecified atom stereocenters. The Hall–Kier alpha value is 0.210. The van der Waals surface area contributed by atoms with E-state index in [0.717, 1.165) is 32.0 Å². The lowest BCUT2D eigenvalue weighted by atomic mass is 9.75. The molecule has 1 aliphatic rings. The Kier molecular flexibility index (Phi) is 6.62. The quantitative estimate of drug-likeness (QED) is 0.540. The van der Waals surface area contributed by atoms with Gasteiger partial charge in [-0.15, -0.1) is 11.6 Å². The summed E-state index contributed by atoms with van der Waals surface area (Å²) in [6.07, 6.45) is 7.79. The zero-order valence-electron chi connectivity index (χ0n) is 9.86. The molecule has 0 atom stereocenters. The number of halogens is 1. The van der Waals surface area contributed by atoms with E-state index in [4.69, 9.17) is 16.3 Å². The van der Waals surface area contributed by atoms with Crippen LogP contribution in [0.2, 0.25) is 0 Å². The van der Waals surface area contributed by atoms with Gasteiger partial charge in [-0.25, -0.2) is 0 Å². The number of hydrogen-bond acceptors (Lipinski definition) is 2. The highest BCUT2D eigenvalue weighted by molar-refractivity contribution is 6.18. The molecule has 2 nitrogen and oxygen atoms in total. The molecule has 15 heavy (non-hydrogen) atoms. The SMILES string of the molecule is COCCCNCC1(CCl)CCCCC1. The van der Waals surface area contributed by atoms with Crippen molar-refractivity contribution in [1.29, 1.82) is 0 Å². The molecule has 1 fully saturated rings. The molecular weight excluding hydrogens is 210 g/mol. The normalized spacial score (nSPS) is 20.4. The van der Waals surface area contributed by atoms with Gasteiger partial charge in [0, 0.05) is 26.1 Å². The van der Waals surface area contributed by atoms with Crippen LogP contribution in [0.1, 0.15) is 38.5 Å². The Balaban J connectivity index is 2.15. The number of ether oxygens (including phenoxy) is 1. The Morgan fingerprint density at radius 2 is 2.00 bits per heavy atom. The molecule has 0 aromatic rings. The molecule has 0 amide bonds. The minimum atomic E-state index is 0.382. The highest BCUT2D eigenvalue weighted by Gasteiger charge is 2.30. The van der Waals surface area contributed by atoms with Crippen molar-refractivity contribution in [1.82, 2.24) is 5.32 Å². The van der Waals surface area contributed by atoms with Crippen LogP contribution in [0.15, 0.2) is 0 Å². The van der Waals surface area contributed by atoms with Crippen LogP contribution in [0.3, 0.4) is 0 Å². The molecule has 1 N–H and O–H groups in total. The molecule has 1 saturated carbocycles. The van der Waals surface area contributed by atoms with Gasteiger partial charge in [-0.3, -0.25) is 0 Å². The number of nitrogens with one attached hydrogen (secondary N) is 1. The van der Waals surface area contributed by atoms with Crippen LogP contribution < -0.4 is 5.32 Å². The van der Waals surface area contributed by atoms with Crippen molar-refractivity contribution < 1.29 is 4.74 Å². The third-order valence-corrected chi connectivity index (χ3v) is 3.97. The first-order valence-electron chi connectivity index (χ1n) is 6.09. The van der Waals surface area contributed by atoms with Crippen LogP contribution in [-0.2, 0) is 4.74 Å². The highest BCUT2D eigenvalue weighted by Crippen LogP contribution is 2.36. The smallest absolute Gasteiger partial charge is 0.0474 e. The van der Waals surface area contributed by atoms with Crippen molar-refractivity contribution in [2.45, 2.75) is 38.5 Å². The second-order valence-corrected chi connectivity index (χ2v) is 4.98. The summed E-state index contributed by atoms with van der Waals surface area (Å²) in [6.45, 7) is 2.98. The maximum absolute atomic E-state index is 6.11. The first kappa shape index (κ1) is 13.3. The van der Waals surface area contributed by atoms with Crippen LogP contribution in [0.4, 0.5) is 0 Å². The molecule has 0 bridgehead atoms. The summed E-state index contributed by atoms with van der Waals surface area (Å²) in [5, 5.41) is 3.52. The Bertz CT molecular complexity index is 158. The molecule has 1 rings (SSSR count). The van der Waals surface area contributed by atoms with Gasteiger partial charge < -0.3 is 10.1 Å². The van der Waals surface area contributed by atoms with Crippen molar-refractivity contribution in [2.24, 2.45) is 5.41 Å². The standard InChI is InChI=1S/C12H24ClNO/c1-15-9-5-8-14-11-12(10-13)6-3-2-4-7-12/h14H,2-11H2,1H3. The van der Waals surface area contributed by atoms with Crippen LogP contribution in [0.25, 0.3) is 0 Å². The largest absolute Gasteiger partial charge is 0.385 e. The van der Waals surface area contributed by atoms with Crippen LogP contribution in [0.5, 0.6) is 0 Å². The van der Waals surface area contributed by atoms with Gasteiger partial charge in [-0.05, 0) is 31.2 Å². The molecule has 3 heteroatoms. The lowest BCUT2D eigenvalue weighted by Crippen LogP contribution is -2.38. The first-order chi connectivity index (χ1) is 7.33. The molecule has 0 radical (unpaired) electrons. The number of rotatable bonds is 7. The Morgan fingerprint density at radius 1 is 1.27 bits per heavy atom. The highest BCUT2D eigenvalue weighted by atomic mass is 35.5. The fraction of sp³-hybridized carbons (Fsp3) is 1.00. The minimum Gasteiger partial charge on any atom is -0.385 e. The van der Waals surface area contributed by atoms with Gasteiger partial charge in [0.1, 0.15) is 0 Å². The molecule has 0 saturated heterocycles. The minimum absolute atomic E-state index is 0.382. The monoisotopic (exact) mass is 233 g/mol. The van der Waals surface area contributed by atoms with Gasteiger partial charge in [-0.2, -0.15) is 0 Å². The molecule has 0 spiro atoms. The average molecular weight is 234 g/mol. The predicted molar refractivity (Wildman–Crippen MR) is 65.6 cm³/mol. The molecule has 0 aromatic heterocycles. The van der Waals surface area contributed by atoms with E-state index in [1.165, 1.54) is 32.1 Å². The maximum Gasteiger partial charge on any atom is 0.0474 e. The zero-order chi connectivity index (χ0) is 11.0. The van der Waals surface area contributed by atoms with Gasteiger partial charge in [0.15, 0.2) is 0 Å². The van der Waals surface area contributed by atoms with Crippen molar-refractivity contribution in [3.05, 3.63) is 0 Å². The van der Waals surface area contributed by atoms with E-state index in [1.54, 1.807) is 7.11 Å². The maximum atomic E-state index is 6.11. The summed E-state index contributed by atoms with van der Waals surface area (Å²) in [7, 11) is 1.75. The fourth-order valence-corrected chi connectivity index (χ4v) is 2.72. The van der Waals surface area contributed by atoms with Crippen molar-refractivity contribution in [3.63, 3.8) is 0 Å². The van der Waals surface area contributed by atoms with Gasteiger partial charge >= 0.3 is 0 Å². The van der Waals surface area contributed by atoms with Gasteiger partial charge in [0.05, 0.1) is 0 Å². The van der Waals surface area contributed by atoms with Crippen LogP contribution >= 0.6 is 11.6 Å². The predicted octanol–water partition coefficient (Wildman–Crippen LogP) is 2.80. The van der Waals surface area contributed by atoms with E-state index in [9.17, 15) is 0 Å². The summed E-state index contributed by atoms with van der Waals surface area (Å²) in [5.41, 5.74) is 0.382. The summed E-state index contributed by atoms with van der Waals surface area (Å²) >= 11 is 6.11. The lowest BCUT2D eigenvalue weighted by molar-refractivity contribution is 0.185. The molecule has 1 aliphatic carbocycles. The molecule has 0 aromatic carbocycles. The third-order valence-electron chi connectivity index (χ3n) is 3.40. The van der Waals surface area contributed by atoms with E-state index >= 15 is 0 Å². The fourth-order valence-electron chi connectivity index (χ4n) is 2.35. The van der Waals surface area contributed by atoms with Crippen molar-refractivity contribution in [2.75, 3.05) is 32.7 Å². The van der Waals surface area contributed by atoms with E-state index in [-0.39, 0.29) is 0 Å². The van der Waals surface area contributed by atoms with Gasteiger partial charge in [0.25, 0.3) is 0 Å². The van der Waals surface area contributed by atoms with Crippen LogP contribution in [0, 0.1) is 5.41 Å². The zero-order valence-corrected chi connectivity index (χ0v) is 10.6. The van der Waals surface area contributed by atoms with E-state index in [0.29, 0.717) is 5.41 Å². The second-order valence-electron chi connectivity index (χ2n) is 4.72. The van der Waals surface area contributed by atoms with E-state index < -0.39 is 0 Å². The van der Waals surface area contributed by atoms with Gasteiger partial charge in [-0.1, -0.05) is 19.3 Å². The number of alkyl halides is 1. The number of hydrogen-bond donors (Lipinski definition) is 1. The van der Waals surface area contributed by atoms with Crippen molar-refractivity contribution >= 4 is 11.6 Å². The summed E-state index contributed by atoms with van der Waals surface area (Å²) in [4.78, 5) is 0. The van der Waals surface area contributed by atoms with E-state index in [2.05, 4.69) is 5.32 Å². The van der Waals surface area contributed by atoms with Crippen molar-refractivity contribution in [3.8, 4) is 0 Å². The van der Waals surface area contributed by atoms with Gasteiger partial charge in [0.2, 0.25) is 0 Å². The topological polar surface area (TPSA) is 21.3 Å². The van der Waals surface area contributed by atoms with Crippen LogP contribution in [-0.4, -0.2) is 32.7 Å². The summed E-state index contributed by atoms with van der Waals surface area (Å²) < 4.78 is 5.02. The summed E-state index contributed by atoms with van der Waals surface area (Å²) in [5.74, 6) is 0.810. The molecular formula is C12H24ClNO. The molecule has 0 heterocycles. The molecule has 0 aliphatic heterocycles. The average Bonchev–Trinajstić information content (AvgIpc) is 2.30.